The van der Waals surface area contributed by atoms with Crippen LogP contribution < -0.4 is 10.6 Å². The number of hydrogen-bond donors (Lipinski definition) is 2. The molecule has 3 rings (SSSR count). The van der Waals surface area contributed by atoms with Gasteiger partial charge in [0.2, 0.25) is 5.91 Å². The number of halogens is 2. The van der Waals surface area contributed by atoms with Crippen LogP contribution in [0.25, 0.3) is 0 Å². The Hall–Kier alpha value is -1.72. The number of nitrogens with one attached hydrogen (secondary N) is 2. The zero-order valence-corrected chi connectivity index (χ0v) is 12.8. The first-order valence-corrected chi connectivity index (χ1v) is 7.51. The van der Waals surface area contributed by atoms with E-state index in [1.165, 1.54) is 6.07 Å². The van der Waals surface area contributed by atoms with Crippen molar-refractivity contribution in [1.29, 1.82) is 0 Å². The first-order valence-electron chi connectivity index (χ1n) is 6.72. The van der Waals surface area contributed by atoms with Crippen LogP contribution in [0.15, 0.2) is 46.9 Å². The van der Waals surface area contributed by atoms with E-state index < -0.39 is 0 Å². The fourth-order valence-corrected chi connectivity index (χ4v) is 2.87. The number of fused-ring (bicyclic) bond motifs is 1. The minimum absolute atomic E-state index is 0.0726. The molecule has 0 saturated carbocycles. The Morgan fingerprint density at radius 1 is 1.24 bits per heavy atom. The Bertz CT molecular complexity index is 690. The average Bonchev–Trinajstić information content (AvgIpc) is 2.77. The Balaban J connectivity index is 1.68. The molecule has 2 N–H and O–H groups in total. The lowest BCUT2D eigenvalue weighted by Gasteiger charge is -2.12. The smallest absolute Gasteiger partial charge is 0.246 e. The molecule has 21 heavy (non-hydrogen) atoms. The highest BCUT2D eigenvalue weighted by atomic mass is 79.9. The van der Waals surface area contributed by atoms with Crippen LogP contribution in [-0.4, -0.2) is 12.5 Å². The highest BCUT2D eigenvalue weighted by Gasteiger charge is 2.29. The van der Waals surface area contributed by atoms with Gasteiger partial charge in [-0.3, -0.25) is 4.79 Å². The van der Waals surface area contributed by atoms with Crippen LogP contribution in [-0.2, 0) is 11.2 Å². The van der Waals surface area contributed by atoms with E-state index in [1.807, 2.05) is 24.3 Å². The molecule has 1 atom stereocenters. The van der Waals surface area contributed by atoms with E-state index in [0.717, 1.165) is 15.7 Å². The standard InChI is InChI=1S/C16H14BrFN2O/c17-11-5-6-14-12(9-11)15(16(21)20-14)19-8-7-10-3-1-2-4-13(10)18/h1-6,9,15,19H,7-8H2,(H,20,21). The number of hydrogen-bond acceptors (Lipinski definition) is 2. The van der Waals surface area contributed by atoms with Crippen molar-refractivity contribution in [3.63, 3.8) is 0 Å². The third-order valence-electron chi connectivity index (χ3n) is 3.55. The third kappa shape index (κ3) is 2.99. The number of amides is 1. The average molecular weight is 349 g/mol. The summed E-state index contributed by atoms with van der Waals surface area (Å²) in [5.74, 6) is -0.282. The summed E-state index contributed by atoms with van der Waals surface area (Å²) in [4.78, 5) is 12.0. The molecule has 1 heterocycles. The monoisotopic (exact) mass is 348 g/mol. The van der Waals surface area contributed by atoms with E-state index in [1.54, 1.807) is 12.1 Å². The molecule has 108 valence electrons. The summed E-state index contributed by atoms with van der Waals surface area (Å²) >= 11 is 3.41. The van der Waals surface area contributed by atoms with Crippen LogP contribution in [0.2, 0.25) is 0 Å². The van der Waals surface area contributed by atoms with Crippen LogP contribution in [0, 0.1) is 5.82 Å². The third-order valence-corrected chi connectivity index (χ3v) is 4.04. The molecule has 0 bridgehead atoms. The zero-order chi connectivity index (χ0) is 14.8. The molecular formula is C16H14BrFN2O. The van der Waals surface area contributed by atoms with Gasteiger partial charge in [-0.25, -0.2) is 4.39 Å². The molecule has 0 aromatic heterocycles. The van der Waals surface area contributed by atoms with Gasteiger partial charge in [0.05, 0.1) is 0 Å². The molecule has 2 aromatic rings. The number of anilines is 1. The van der Waals surface area contributed by atoms with Gasteiger partial charge in [0.1, 0.15) is 11.9 Å². The van der Waals surface area contributed by atoms with Crippen LogP contribution in [0.3, 0.4) is 0 Å². The molecule has 3 nitrogen and oxygen atoms in total. The summed E-state index contributed by atoms with van der Waals surface area (Å²) in [6, 6.07) is 12.0. The van der Waals surface area contributed by atoms with E-state index in [9.17, 15) is 9.18 Å². The second-order valence-electron chi connectivity index (χ2n) is 4.95. The van der Waals surface area contributed by atoms with Gasteiger partial charge in [-0.05, 0) is 36.2 Å². The van der Waals surface area contributed by atoms with E-state index >= 15 is 0 Å². The van der Waals surface area contributed by atoms with E-state index in [0.29, 0.717) is 18.5 Å². The summed E-state index contributed by atoms with van der Waals surface area (Å²) in [5, 5.41) is 6.03. The van der Waals surface area contributed by atoms with Crippen molar-refractivity contribution in [2.45, 2.75) is 12.5 Å². The Morgan fingerprint density at radius 3 is 2.86 bits per heavy atom. The van der Waals surface area contributed by atoms with Crippen LogP contribution in [0.1, 0.15) is 17.2 Å². The van der Waals surface area contributed by atoms with Gasteiger partial charge >= 0.3 is 0 Å². The van der Waals surface area contributed by atoms with Gasteiger partial charge in [-0.15, -0.1) is 0 Å². The van der Waals surface area contributed by atoms with Gasteiger partial charge in [0.15, 0.2) is 0 Å². The fraction of sp³-hybridized carbons (Fsp3) is 0.188. The van der Waals surface area contributed by atoms with Crippen molar-refractivity contribution >= 4 is 27.5 Å². The number of carbonyl (C=O) groups is 1. The van der Waals surface area contributed by atoms with Crippen molar-refractivity contribution in [3.05, 3.63) is 63.9 Å². The fourth-order valence-electron chi connectivity index (χ4n) is 2.49. The lowest BCUT2D eigenvalue weighted by molar-refractivity contribution is -0.117. The second kappa shape index (κ2) is 5.95. The topological polar surface area (TPSA) is 41.1 Å². The predicted molar refractivity (Wildman–Crippen MR) is 83.6 cm³/mol. The molecule has 0 fully saturated rings. The SMILES string of the molecule is O=C1Nc2ccc(Br)cc2C1NCCc1ccccc1F. The number of carbonyl (C=O) groups excluding carboxylic acids is 1. The molecule has 0 aliphatic carbocycles. The van der Waals surface area contributed by atoms with E-state index in [-0.39, 0.29) is 17.8 Å². The summed E-state index contributed by atoms with van der Waals surface area (Å²) in [6.45, 7) is 0.533. The first-order chi connectivity index (χ1) is 10.1. The van der Waals surface area contributed by atoms with Gasteiger partial charge in [-0.2, -0.15) is 0 Å². The molecule has 5 heteroatoms. The molecule has 1 unspecified atom stereocenters. The molecule has 1 amide bonds. The molecule has 2 aromatic carbocycles. The molecule has 1 aliphatic heterocycles. The van der Waals surface area contributed by atoms with Crippen molar-refractivity contribution < 1.29 is 9.18 Å². The van der Waals surface area contributed by atoms with Crippen LogP contribution in [0.5, 0.6) is 0 Å². The van der Waals surface area contributed by atoms with Crippen molar-refractivity contribution in [1.82, 2.24) is 5.32 Å². The normalized spacial score (nSPS) is 16.7. The quantitative estimate of drug-likeness (QED) is 0.888. The van der Waals surface area contributed by atoms with E-state index in [4.69, 9.17) is 0 Å². The van der Waals surface area contributed by atoms with Crippen LogP contribution >= 0.6 is 15.9 Å². The zero-order valence-electron chi connectivity index (χ0n) is 11.2. The summed E-state index contributed by atoms with van der Waals surface area (Å²) < 4.78 is 14.5. The summed E-state index contributed by atoms with van der Waals surface area (Å²) in [6.07, 6.45) is 0.541. The first kappa shape index (κ1) is 14.2. The highest BCUT2D eigenvalue weighted by molar-refractivity contribution is 9.10. The van der Waals surface area contributed by atoms with Crippen molar-refractivity contribution in [2.75, 3.05) is 11.9 Å². The molecule has 0 radical (unpaired) electrons. The Kier molecular flexibility index (Phi) is 4.03. The second-order valence-corrected chi connectivity index (χ2v) is 5.87. The molecular weight excluding hydrogens is 335 g/mol. The Labute approximate surface area is 130 Å². The minimum atomic E-state index is -0.385. The maximum Gasteiger partial charge on any atom is 0.246 e. The molecule has 1 aliphatic rings. The maximum absolute atomic E-state index is 13.5. The summed E-state index contributed by atoms with van der Waals surface area (Å²) in [7, 11) is 0. The number of benzene rings is 2. The van der Waals surface area contributed by atoms with Crippen LogP contribution in [0.4, 0.5) is 10.1 Å². The molecule has 0 saturated heterocycles. The number of rotatable bonds is 4. The van der Waals surface area contributed by atoms with Crippen molar-refractivity contribution in [3.8, 4) is 0 Å². The van der Waals surface area contributed by atoms with E-state index in [2.05, 4.69) is 26.6 Å². The van der Waals surface area contributed by atoms with Gasteiger partial charge in [0.25, 0.3) is 0 Å². The lowest BCUT2D eigenvalue weighted by Crippen LogP contribution is -2.29. The molecule has 0 spiro atoms. The maximum atomic E-state index is 13.5. The van der Waals surface area contributed by atoms with Gasteiger partial charge < -0.3 is 10.6 Å². The minimum Gasteiger partial charge on any atom is -0.324 e. The lowest BCUT2D eigenvalue weighted by atomic mass is 10.1. The highest BCUT2D eigenvalue weighted by Crippen LogP contribution is 2.32. The van der Waals surface area contributed by atoms with Crippen molar-refractivity contribution in [2.24, 2.45) is 0 Å². The Morgan fingerprint density at radius 2 is 2.05 bits per heavy atom. The largest absolute Gasteiger partial charge is 0.324 e. The summed E-state index contributed by atoms with van der Waals surface area (Å²) in [5.41, 5.74) is 2.40. The predicted octanol–water partition coefficient (Wildman–Crippen LogP) is 3.41. The van der Waals surface area contributed by atoms with Gasteiger partial charge in [-0.1, -0.05) is 34.1 Å². The van der Waals surface area contributed by atoms with Gasteiger partial charge in [0, 0.05) is 22.3 Å².